The highest BCUT2D eigenvalue weighted by molar-refractivity contribution is 5.98. The summed E-state index contributed by atoms with van der Waals surface area (Å²) in [5, 5.41) is 0. The van der Waals surface area contributed by atoms with Gasteiger partial charge in [0.15, 0.2) is 11.5 Å². The van der Waals surface area contributed by atoms with Crippen LogP contribution in [0.25, 0.3) is 0 Å². The van der Waals surface area contributed by atoms with E-state index in [0.29, 0.717) is 34.7 Å². The molecule has 5 nitrogen and oxygen atoms in total. The van der Waals surface area contributed by atoms with Crippen LogP contribution < -0.4 is 20.1 Å². The van der Waals surface area contributed by atoms with E-state index in [9.17, 15) is 18.0 Å². The largest absolute Gasteiger partial charge is 0.454 e. The molecule has 0 bridgehead atoms. The van der Waals surface area contributed by atoms with Crippen molar-refractivity contribution in [1.82, 2.24) is 0 Å². The third-order valence-electron chi connectivity index (χ3n) is 5.26. The average Bonchev–Trinajstić information content (AvgIpc) is 3.27. The number of amides is 1. The predicted octanol–water partition coefficient (Wildman–Crippen LogP) is 4.71. The van der Waals surface area contributed by atoms with Crippen LogP contribution in [0.5, 0.6) is 11.5 Å². The number of halogens is 3. The lowest BCUT2D eigenvalue weighted by Gasteiger charge is -2.26. The summed E-state index contributed by atoms with van der Waals surface area (Å²) in [5.41, 5.74) is 7.45. The average molecular weight is 442 g/mol. The molecule has 0 aliphatic carbocycles. The van der Waals surface area contributed by atoms with Gasteiger partial charge in [0, 0.05) is 18.3 Å². The molecule has 0 saturated heterocycles. The summed E-state index contributed by atoms with van der Waals surface area (Å²) in [6.07, 6.45) is -4.05. The fourth-order valence-corrected chi connectivity index (χ4v) is 3.49. The Kier molecular flexibility index (Phi) is 6.05. The predicted molar refractivity (Wildman–Crippen MR) is 113 cm³/mol. The maximum absolute atomic E-state index is 13.3. The maximum atomic E-state index is 13.3. The summed E-state index contributed by atoms with van der Waals surface area (Å²) in [6, 6.07) is 18.2. The molecule has 1 heterocycles. The zero-order valence-corrected chi connectivity index (χ0v) is 17.0. The van der Waals surface area contributed by atoms with Gasteiger partial charge in [-0.2, -0.15) is 13.2 Å². The van der Waals surface area contributed by atoms with E-state index < -0.39 is 17.8 Å². The smallest absolute Gasteiger partial charge is 0.416 e. The molecule has 0 saturated carbocycles. The van der Waals surface area contributed by atoms with Crippen LogP contribution >= 0.6 is 0 Å². The van der Waals surface area contributed by atoms with Crippen LogP contribution in [0.15, 0.2) is 72.8 Å². The minimum atomic E-state index is -4.39. The summed E-state index contributed by atoms with van der Waals surface area (Å²) in [5.74, 6) is 0.765. The fourth-order valence-electron chi connectivity index (χ4n) is 3.49. The zero-order valence-electron chi connectivity index (χ0n) is 17.0. The van der Waals surface area contributed by atoms with Crippen molar-refractivity contribution in [3.05, 3.63) is 89.5 Å². The summed E-state index contributed by atoms with van der Waals surface area (Å²) in [6.45, 7) is 0.326. The Morgan fingerprint density at radius 2 is 1.66 bits per heavy atom. The lowest BCUT2D eigenvalue weighted by atomic mass is 10.0. The third-order valence-corrected chi connectivity index (χ3v) is 5.26. The van der Waals surface area contributed by atoms with E-state index in [1.165, 1.54) is 17.0 Å². The van der Waals surface area contributed by atoms with Gasteiger partial charge in [-0.3, -0.25) is 4.79 Å². The quantitative estimate of drug-likeness (QED) is 0.601. The summed E-state index contributed by atoms with van der Waals surface area (Å²) >= 11 is 0. The molecule has 8 heteroatoms. The van der Waals surface area contributed by atoms with Crippen molar-refractivity contribution in [2.24, 2.45) is 5.73 Å². The van der Waals surface area contributed by atoms with Crippen molar-refractivity contribution in [1.29, 1.82) is 0 Å². The Balaban J connectivity index is 1.58. The molecule has 166 valence electrons. The van der Waals surface area contributed by atoms with Crippen LogP contribution in [-0.4, -0.2) is 19.2 Å². The van der Waals surface area contributed by atoms with E-state index >= 15 is 0 Å². The molecule has 1 amide bonds. The number of rotatable bonds is 6. The van der Waals surface area contributed by atoms with Gasteiger partial charge in [-0.15, -0.1) is 0 Å². The van der Waals surface area contributed by atoms with Crippen LogP contribution in [0.1, 0.15) is 22.7 Å². The highest BCUT2D eigenvalue weighted by atomic mass is 19.4. The molecule has 32 heavy (non-hydrogen) atoms. The van der Waals surface area contributed by atoms with Crippen LogP contribution in [0, 0.1) is 0 Å². The van der Waals surface area contributed by atoms with Crippen molar-refractivity contribution in [2.45, 2.75) is 18.6 Å². The highest BCUT2D eigenvalue weighted by Gasteiger charge is 2.30. The SMILES string of the molecule is NC(C(=O)N(CCc1ccc(C(F)(F)F)cc1)c1ccc2c(c1)OCO2)c1ccccc1. The molecule has 1 atom stereocenters. The van der Waals surface area contributed by atoms with Gasteiger partial charge in [0.2, 0.25) is 12.7 Å². The van der Waals surface area contributed by atoms with Gasteiger partial charge in [-0.25, -0.2) is 0 Å². The molecule has 0 radical (unpaired) electrons. The van der Waals surface area contributed by atoms with E-state index in [0.717, 1.165) is 12.1 Å². The van der Waals surface area contributed by atoms with Crippen molar-refractivity contribution in [3.63, 3.8) is 0 Å². The molecule has 3 aromatic rings. The van der Waals surface area contributed by atoms with E-state index in [1.54, 1.807) is 42.5 Å². The molecule has 0 aromatic heterocycles. The van der Waals surface area contributed by atoms with Gasteiger partial charge >= 0.3 is 6.18 Å². The number of benzene rings is 3. The van der Waals surface area contributed by atoms with Gasteiger partial charge in [-0.1, -0.05) is 42.5 Å². The fraction of sp³-hybridized carbons (Fsp3) is 0.208. The van der Waals surface area contributed by atoms with Gasteiger partial charge < -0.3 is 20.1 Å². The first kappa shape index (κ1) is 21.7. The van der Waals surface area contributed by atoms with E-state index in [2.05, 4.69) is 0 Å². The number of alkyl halides is 3. The van der Waals surface area contributed by atoms with Gasteiger partial charge in [0.1, 0.15) is 6.04 Å². The standard InChI is InChI=1S/C24H21F3N2O3/c25-24(26,27)18-8-6-16(7-9-18)12-13-29(19-10-11-20-21(14-19)32-15-31-20)23(30)22(28)17-4-2-1-3-5-17/h1-11,14,22H,12-13,15,28H2. The molecule has 0 spiro atoms. The number of fused-ring (bicyclic) bond motifs is 1. The Labute approximate surface area is 183 Å². The molecule has 4 rings (SSSR count). The first-order chi connectivity index (χ1) is 15.3. The lowest BCUT2D eigenvalue weighted by molar-refractivity contribution is -0.137. The van der Waals surface area contributed by atoms with E-state index in [1.807, 2.05) is 6.07 Å². The molecule has 1 aliphatic heterocycles. The summed E-state index contributed by atoms with van der Waals surface area (Å²) in [7, 11) is 0. The Hall–Kier alpha value is -3.52. The number of ether oxygens (including phenoxy) is 2. The first-order valence-corrected chi connectivity index (χ1v) is 10.0. The molecular formula is C24H21F3N2O3. The lowest BCUT2D eigenvalue weighted by Crippen LogP contribution is -2.40. The maximum Gasteiger partial charge on any atom is 0.416 e. The minimum Gasteiger partial charge on any atom is -0.454 e. The van der Waals surface area contributed by atoms with Crippen LogP contribution in [0.2, 0.25) is 0 Å². The molecule has 3 aromatic carbocycles. The molecule has 1 aliphatic rings. The molecule has 2 N–H and O–H groups in total. The van der Waals surface area contributed by atoms with Crippen molar-refractivity contribution >= 4 is 11.6 Å². The Morgan fingerprint density at radius 3 is 2.34 bits per heavy atom. The minimum absolute atomic E-state index is 0.0990. The number of anilines is 1. The number of carbonyl (C=O) groups excluding carboxylic acids is 1. The number of hydrogen-bond acceptors (Lipinski definition) is 4. The third kappa shape index (κ3) is 4.70. The molecular weight excluding hydrogens is 421 g/mol. The van der Waals surface area contributed by atoms with Crippen molar-refractivity contribution < 1.29 is 27.4 Å². The summed E-state index contributed by atoms with van der Waals surface area (Å²) in [4.78, 5) is 14.9. The normalized spacial score (nSPS) is 13.6. The van der Waals surface area contributed by atoms with Crippen LogP contribution in [0.3, 0.4) is 0 Å². The van der Waals surface area contributed by atoms with E-state index in [4.69, 9.17) is 15.2 Å². The number of hydrogen-bond donors (Lipinski definition) is 1. The molecule has 0 fully saturated rings. The number of nitrogens with two attached hydrogens (primary N) is 1. The van der Waals surface area contributed by atoms with Crippen molar-refractivity contribution in [3.8, 4) is 11.5 Å². The van der Waals surface area contributed by atoms with E-state index in [-0.39, 0.29) is 19.2 Å². The van der Waals surface area contributed by atoms with Gasteiger partial charge in [0.05, 0.1) is 5.56 Å². The molecule has 1 unspecified atom stereocenters. The highest BCUT2D eigenvalue weighted by Crippen LogP contribution is 2.36. The number of nitrogens with zero attached hydrogens (tertiary/aromatic N) is 1. The monoisotopic (exact) mass is 442 g/mol. The van der Waals surface area contributed by atoms with Gasteiger partial charge in [-0.05, 0) is 41.8 Å². The number of carbonyl (C=O) groups is 1. The topological polar surface area (TPSA) is 64.8 Å². The van der Waals surface area contributed by atoms with Crippen molar-refractivity contribution in [2.75, 3.05) is 18.2 Å². The zero-order chi connectivity index (χ0) is 22.7. The second-order valence-corrected chi connectivity index (χ2v) is 7.36. The van der Waals surface area contributed by atoms with Crippen LogP contribution in [-0.2, 0) is 17.4 Å². The Bertz CT molecular complexity index is 1090. The first-order valence-electron chi connectivity index (χ1n) is 10.0. The summed E-state index contributed by atoms with van der Waals surface area (Å²) < 4.78 is 49.3. The second kappa shape index (κ2) is 8.92. The van der Waals surface area contributed by atoms with Gasteiger partial charge in [0.25, 0.3) is 0 Å². The Morgan fingerprint density at radius 1 is 0.969 bits per heavy atom. The van der Waals surface area contributed by atoms with Crippen LogP contribution in [0.4, 0.5) is 18.9 Å². The second-order valence-electron chi connectivity index (χ2n) is 7.36.